The Morgan fingerprint density at radius 2 is 1.96 bits per heavy atom. The fraction of sp³-hybridized carbons (Fsp3) is 0.500. The standard InChI is InChI=1S/C16H23N3O2S2/c1-11(2)10-22-16-19-18-15(23-16)17-8-7-12-5-6-13(20-3)14(9-12)21-4/h5-6,9,11H,7-8,10H2,1-4H3,(H,17,18). The zero-order chi connectivity index (χ0) is 16.7. The van der Waals surface area contributed by atoms with Crippen LogP contribution < -0.4 is 14.8 Å². The molecule has 0 unspecified atom stereocenters. The van der Waals surface area contributed by atoms with Gasteiger partial charge < -0.3 is 14.8 Å². The third-order valence-corrected chi connectivity index (χ3v) is 5.53. The van der Waals surface area contributed by atoms with Crippen molar-refractivity contribution in [2.24, 2.45) is 5.92 Å². The predicted octanol–water partition coefficient (Wildman–Crippen LogP) is 3.96. The summed E-state index contributed by atoms with van der Waals surface area (Å²) in [4.78, 5) is 0. The minimum absolute atomic E-state index is 0.658. The van der Waals surface area contributed by atoms with Gasteiger partial charge in [-0.15, -0.1) is 10.2 Å². The lowest BCUT2D eigenvalue weighted by molar-refractivity contribution is 0.354. The van der Waals surface area contributed by atoms with Crippen LogP contribution in [0, 0.1) is 5.92 Å². The Balaban J connectivity index is 1.83. The number of hydrogen-bond donors (Lipinski definition) is 1. The van der Waals surface area contributed by atoms with Crippen LogP contribution in [0.2, 0.25) is 0 Å². The van der Waals surface area contributed by atoms with Crippen LogP contribution in [0.5, 0.6) is 11.5 Å². The molecule has 0 amide bonds. The number of ether oxygens (including phenoxy) is 2. The molecule has 5 nitrogen and oxygen atoms in total. The van der Waals surface area contributed by atoms with Crippen LogP contribution in [0.3, 0.4) is 0 Å². The first-order valence-corrected chi connectivity index (χ1v) is 9.33. The fourth-order valence-electron chi connectivity index (χ4n) is 1.93. The van der Waals surface area contributed by atoms with Crippen molar-refractivity contribution in [3.63, 3.8) is 0 Å². The molecule has 1 aromatic heterocycles. The number of rotatable bonds is 9. The highest BCUT2D eigenvalue weighted by atomic mass is 32.2. The van der Waals surface area contributed by atoms with Gasteiger partial charge in [-0.3, -0.25) is 0 Å². The Bertz CT molecular complexity index is 617. The van der Waals surface area contributed by atoms with Crippen LogP contribution in [-0.2, 0) is 6.42 Å². The second-order valence-electron chi connectivity index (χ2n) is 5.44. The van der Waals surface area contributed by atoms with E-state index in [1.807, 2.05) is 18.2 Å². The summed E-state index contributed by atoms with van der Waals surface area (Å²) in [5.74, 6) is 3.24. The van der Waals surface area contributed by atoms with Gasteiger partial charge in [-0.2, -0.15) is 0 Å². The number of benzene rings is 1. The lowest BCUT2D eigenvalue weighted by Gasteiger charge is -2.09. The highest BCUT2D eigenvalue weighted by Crippen LogP contribution is 2.28. The summed E-state index contributed by atoms with van der Waals surface area (Å²) in [5, 5.41) is 12.6. The number of aromatic nitrogens is 2. The van der Waals surface area contributed by atoms with Gasteiger partial charge in [-0.25, -0.2) is 0 Å². The van der Waals surface area contributed by atoms with Gasteiger partial charge in [0.2, 0.25) is 5.13 Å². The lowest BCUT2D eigenvalue weighted by atomic mass is 10.1. The molecule has 1 N–H and O–H groups in total. The molecule has 126 valence electrons. The number of methoxy groups -OCH3 is 2. The quantitative estimate of drug-likeness (QED) is 0.689. The largest absolute Gasteiger partial charge is 0.493 e. The van der Waals surface area contributed by atoms with E-state index in [0.29, 0.717) is 5.92 Å². The normalized spacial score (nSPS) is 10.8. The molecular formula is C16H23N3O2S2. The van der Waals surface area contributed by atoms with Crippen molar-refractivity contribution in [2.45, 2.75) is 24.6 Å². The predicted molar refractivity (Wildman–Crippen MR) is 97.2 cm³/mol. The van der Waals surface area contributed by atoms with Gasteiger partial charge in [0.25, 0.3) is 0 Å². The average molecular weight is 354 g/mol. The molecule has 0 fully saturated rings. The van der Waals surface area contributed by atoms with E-state index >= 15 is 0 Å². The minimum Gasteiger partial charge on any atom is -0.493 e. The third-order valence-electron chi connectivity index (χ3n) is 3.08. The van der Waals surface area contributed by atoms with Gasteiger partial charge in [0.05, 0.1) is 14.2 Å². The first-order chi connectivity index (χ1) is 11.1. The SMILES string of the molecule is COc1ccc(CCNc2nnc(SCC(C)C)s2)cc1OC. The van der Waals surface area contributed by atoms with Gasteiger partial charge in [-0.05, 0) is 30.0 Å². The van der Waals surface area contributed by atoms with Crippen molar-refractivity contribution in [1.29, 1.82) is 0 Å². The molecule has 0 saturated heterocycles. The smallest absolute Gasteiger partial charge is 0.206 e. The molecule has 1 aromatic carbocycles. The highest BCUT2D eigenvalue weighted by Gasteiger charge is 2.07. The van der Waals surface area contributed by atoms with E-state index in [1.54, 1.807) is 37.3 Å². The summed E-state index contributed by atoms with van der Waals surface area (Å²) < 4.78 is 11.6. The molecule has 2 aromatic rings. The zero-order valence-electron chi connectivity index (χ0n) is 14.0. The molecule has 0 aliphatic rings. The summed E-state index contributed by atoms with van der Waals surface area (Å²) in [6, 6.07) is 5.98. The van der Waals surface area contributed by atoms with Gasteiger partial charge in [0.15, 0.2) is 15.8 Å². The average Bonchev–Trinajstić information content (AvgIpc) is 3.00. The molecule has 0 atom stereocenters. The van der Waals surface area contributed by atoms with E-state index in [4.69, 9.17) is 9.47 Å². The molecule has 1 heterocycles. The Morgan fingerprint density at radius 3 is 2.65 bits per heavy atom. The van der Waals surface area contributed by atoms with E-state index in [0.717, 1.165) is 39.7 Å². The molecule has 0 saturated carbocycles. The van der Waals surface area contributed by atoms with Crippen molar-refractivity contribution in [1.82, 2.24) is 10.2 Å². The summed E-state index contributed by atoms with van der Waals surface area (Å²) in [6.45, 7) is 5.21. The van der Waals surface area contributed by atoms with Crippen molar-refractivity contribution in [3.8, 4) is 11.5 Å². The minimum atomic E-state index is 0.658. The molecule has 0 aliphatic carbocycles. The second-order valence-corrected chi connectivity index (χ2v) is 7.69. The number of hydrogen-bond acceptors (Lipinski definition) is 7. The first kappa shape index (κ1) is 17.9. The maximum Gasteiger partial charge on any atom is 0.206 e. The van der Waals surface area contributed by atoms with Crippen LogP contribution in [0.4, 0.5) is 5.13 Å². The second kappa shape index (κ2) is 8.98. The van der Waals surface area contributed by atoms with E-state index in [-0.39, 0.29) is 0 Å². The Morgan fingerprint density at radius 1 is 1.17 bits per heavy atom. The first-order valence-electron chi connectivity index (χ1n) is 7.53. The number of anilines is 1. The maximum atomic E-state index is 5.32. The van der Waals surface area contributed by atoms with Crippen LogP contribution in [0.25, 0.3) is 0 Å². The summed E-state index contributed by atoms with van der Waals surface area (Å²) in [6.07, 6.45) is 0.883. The van der Waals surface area contributed by atoms with E-state index in [1.165, 1.54) is 5.56 Å². The third kappa shape index (κ3) is 5.58. The Kier molecular flexibility index (Phi) is 6.98. The number of nitrogens with zero attached hydrogens (tertiary/aromatic N) is 2. The Hall–Kier alpha value is -1.47. The van der Waals surface area contributed by atoms with Crippen LogP contribution in [-0.4, -0.2) is 36.7 Å². The topological polar surface area (TPSA) is 56.3 Å². The van der Waals surface area contributed by atoms with Crippen LogP contribution in [0.15, 0.2) is 22.5 Å². The highest BCUT2D eigenvalue weighted by molar-refractivity contribution is 8.01. The molecular weight excluding hydrogens is 330 g/mol. The molecule has 0 spiro atoms. The van der Waals surface area contributed by atoms with Crippen LogP contribution >= 0.6 is 23.1 Å². The van der Waals surface area contributed by atoms with Gasteiger partial charge in [0.1, 0.15) is 0 Å². The van der Waals surface area contributed by atoms with E-state index < -0.39 is 0 Å². The van der Waals surface area contributed by atoms with E-state index in [2.05, 4.69) is 29.4 Å². The van der Waals surface area contributed by atoms with Gasteiger partial charge in [-0.1, -0.05) is 43.0 Å². The van der Waals surface area contributed by atoms with Crippen molar-refractivity contribution in [2.75, 3.05) is 31.8 Å². The van der Waals surface area contributed by atoms with Crippen LogP contribution in [0.1, 0.15) is 19.4 Å². The molecule has 0 aliphatic heterocycles. The molecule has 0 radical (unpaired) electrons. The molecule has 23 heavy (non-hydrogen) atoms. The van der Waals surface area contributed by atoms with Crippen molar-refractivity contribution in [3.05, 3.63) is 23.8 Å². The van der Waals surface area contributed by atoms with Crippen molar-refractivity contribution >= 4 is 28.2 Å². The zero-order valence-corrected chi connectivity index (χ0v) is 15.6. The Labute approximate surface area is 145 Å². The molecule has 2 rings (SSSR count). The van der Waals surface area contributed by atoms with Gasteiger partial charge >= 0.3 is 0 Å². The number of nitrogens with one attached hydrogen (secondary N) is 1. The molecule has 7 heteroatoms. The fourth-order valence-corrected chi connectivity index (χ4v) is 3.68. The molecule has 0 bridgehead atoms. The monoisotopic (exact) mass is 353 g/mol. The van der Waals surface area contributed by atoms with E-state index in [9.17, 15) is 0 Å². The van der Waals surface area contributed by atoms with Gasteiger partial charge in [0, 0.05) is 12.3 Å². The summed E-state index contributed by atoms with van der Waals surface area (Å²) in [7, 11) is 3.29. The van der Waals surface area contributed by atoms with Crippen molar-refractivity contribution < 1.29 is 9.47 Å². The summed E-state index contributed by atoms with van der Waals surface area (Å²) in [5.41, 5.74) is 1.19. The maximum absolute atomic E-state index is 5.32. The lowest BCUT2D eigenvalue weighted by Crippen LogP contribution is -2.04. The summed E-state index contributed by atoms with van der Waals surface area (Å²) >= 11 is 3.37. The number of thioether (sulfide) groups is 1.